The molecule has 0 fully saturated rings. The van der Waals surface area contributed by atoms with Gasteiger partial charge >= 0.3 is 5.97 Å². The lowest BCUT2D eigenvalue weighted by Crippen LogP contribution is -2.12. The first-order valence-corrected chi connectivity index (χ1v) is 12.0. The average Bonchev–Trinajstić information content (AvgIpc) is 3.24. The lowest BCUT2D eigenvalue weighted by atomic mass is 9.87. The molecule has 4 aromatic rings. The van der Waals surface area contributed by atoms with Gasteiger partial charge in [0.25, 0.3) is 0 Å². The van der Waals surface area contributed by atoms with E-state index in [1.807, 2.05) is 48.5 Å². The van der Waals surface area contributed by atoms with Crippen molar-refractivity contribution < 1.29 is 14.6 Å². The lowest BCUT2D eigenvalue weighted by Gasteiger charge is -2.19. The van der Waals surface area contributed by atoms with Crippen LogP contribution in [0.2, 0.25) is 0 Å². The van der Waals surface area contributed by atoms with E-state index >= 15 is 0 Å². The highest BCUT2D eigenvalue weighted by Crippen LogP contribution is 2.38. The Morgan fingerprint density at radius 2 is 1.69 bits per heavy atom. The molecular formula is C31H29NO3. The molecule has 176 valence electrons. The number of phenols is 1. The van der Waals surface area contributed by atoms with E-state index in [1.165, 1.54) is 5.56 Å². The highest BCUT2D eigenvalue weighted by atomic mass is 16.5. The number of phenolic OH excluding ortho intramolecular Hbond substituents is 1. The smallest absolute Gasteiger partial charge is 0.339 e. The molecule has 35 heavy (non-hydrogen) atoms. The molecule has 1 aliphatic rings. The van der Waals surface area contributed by atoms with Gasteiger partial charge in [-0.25, -0.2) is 9.78 Å². The van der Waals surface area contributed by atoms with Crippen molar-refractivity contribution in [1.29, 1.82) is 0 Å². The number of para-hydroxylation sites is 1. The van der Waals surface area contributed by atoms with Crippen molar-refractivity contribution in [2.75, 3.05) is 0 Å². The third kappa shape index (κ3) is 4.69. The molecule has 0 unspecified atom stereocenters. The van der Waals surface area contributed by atoms with Crippen molar-refractivity contribution in [3.05, 3.63) is 106 Å². The van der Waals surface area contributed by atoms with E-state index in [-0.39, 0.29) is 23.7 Å². The van der Waals surface area contributed by atoms with Crippen molar-refractivity contribution in [3.8, 4) is 5.75 Å². The molecule has 1 heterocycles. The maximum absolute atomic E-state index is 13.4. The van der Waals surface area contributed by atoms with Crippen LogP contribution in [0.25, 0.3) is 22.6 Å². The highest BCUT2D eigenvalue weighted by Gasteiger charge is 2.27. The molecule has 4 nitrogen and oxygen atoms in total. The number of nitrogens with zero attached hydrogens (tertiary/aromatic N) is 1. The number of fused-ring (bicyclic) bond motifs is 2. The molecule has 0 atom stereocenters. The predicted molar refractivity (Wildman–Crippen MR) is 140 cm³/mol. The van der Waals surface area contributed by atoms with Crippen LogP contribution >= 0.6 is 0 Å². The van der Waals surface area contributed by atoms with Crippen LogP contribution in [-0.4, -0.2) is 16.1 Å². The minimum Gasteiger partial charge on any atom is -0.508 e. The van der Waals surface area contributed by atoms with Gasteiger partial charge in [-0.2, -0.15) is 0 Å². The van der Waals surface area contributed by atoms with Gasteiger partial charge in [-0.15, -0.1) is 0 Å². The quantitative estimate of drug-likeness (QED) is 0.329. The molecule has 1 aromatic heterocycles. The summed E-state index contributed by atoms with van der Waals surface area (Å²) in [5.41, 5.74) is 7.58. The summed E-state index contributed by atoms with van der Waals surface area (Å²) in [7, 11) is 0. The fourth-order valence-electron chi connectivity index (χ4n) is 4.61. The molecule has 5 rings (SSSR count). The summed E-state index contributed by atoms with van der Waals surface area (Å²) >= 11 is 0. The number of esters is 1. The third-order valence-corrected chi connectivity index (χ3v) is 6.57. The van der Waals surface area contributed by atoms with Crippen LogP contribution in [0.3, 0.4) is 0 Å². The van der Waals surface area contributed by atoms with Gasteiger partial charge in [-0.1, -0.05) is 75.4 Å². The van der Waals surface area contributed by atoms with Gasteiger partial charge in [0.2, 0.25) is 0 Å². The number of ether oxygens (including phenoxy) is 1. The fraction of sp³-hybridized carbons (Fsp3) is 0.226. The zero-order valence-corrected chi connectivity index (χ0v) is 20.3. The second-order valence-corrected chi connectivity index (χ2v) is 10.1. The Kier molecular flexibility index (Phi) is 5.89. The van der Waals surface area contributed by atoms with Crippen LogP contribution in [0, 0.1) is 0 Å². The Hall–Kier alpha value is -3.92. The maximum atomic E-state index is 13.4. The topological polar surface area (TPSA) is 59.4 Å². The summed E-state index contributed by atoms with van der Waals surface area (Å²) < 4.78 is 5.83. The van der Waals surface area contributed by atoms with E-state index in [4.69, 9.17) is 9.72 Å². The van der Waals surface area contributed by atoms with Crippen molar-refractivity contribution in [2.45, 2.75) is 45.6 Å². The number of benzene rings is 3. The first kappa shape index (κ1) is 22.9. The summed E-state index contributed by atoms with van der Waals surface area (Å²) in [5, 5.41) is 10.4. The molecule has 0 saturated heterocycles. The average molecular weight is 464 g/mol. The first-order valence-electron chi connectivity index (χ1n) is 12.0. The Morgan fingerprint density at radius 3 is 2.40 bits per heavy atom. The van der Waals surface area contributed by atoms with Crippen LogP contribution in [0.15, 0.2) is 72.8 Å². The Morgan fingerprint density at radius 1 is 0.971 bits per heavy atom. The minimum atomic E-state index is -0.314. The molecule has 0 radical (unpaired) electrons. The van der Waals surface area contributed by atoms with Crippen LogP contribution in [-0.2, 0) is 23.2 Å². The van der Waals surface area contributed by atoms with E-state index in [9.17, 15) is 9.90 Å². The second-order valence-electron chi connectivity index (χ2n) is 10.1. The molecule has 0 spiro atoms. The number of pyridine rings is 1. The summed E-state index contributed by atoms with van der Waals surface area (Å²) in [6, 6.07) is 23.1. The largest absolute Gasteiger partial charge is 0.508 e. The summed E-state index contributed by atoms with van der Waals surface area (Å²) in [5.74, 6) is -0.0770. The van der Waals surface area contributed by atoms with Gasteiger partial charge in [0.15, 0.2) is 0 Å². The second kappa shape index (κ2) is 9.03. The van der Waals surface area contributed by atoms with Crippen molar-refractivity contribution in [1.82, 2.24) is 4.98 Å². The normalized spacial score (nSPS) is 14.3. The van der Waals surface area contributed by atoms with Crippen LogP contribution in [0.1, 0.15) is 65.5 Å². The van der Waals surface area contributed by atoms with E-state index in [0.29, 0.717) is 5.56 Å². The van der Waals surface area contributed by atoms with Crippen LogP contribution in [0.4, 0.5) is 0 Å². The van der Waals surface area contributed by atoms with E-state index in [2.05, 4.69) is 39.0 Å². The lowest BCUT2D eigenvalue weighted by molar-refractivity contribution is 0.0473. The van der Waals surface area contributed by atoms with Crippen LogP contribution in [0.5, 0.6) is 5.75 Å². The number of carbonyl (C=O) groups is 1. The van der Waals surface area contributed by atoms with Gasteiger partial charge in [-0.3, -0.25) is 0 Å². The van der Waals surface area contributed by atoms with Crippen LogP contribution < -0.4 is 0 Å². The molecular weight excluding hydrogens is 434 g/mol. The fourth-order valence-corrected chi connectivity index (χ4v) is 4.61. The predicted octanol–water partition coefficient (Wildman–Crippen LogP) is 7.08. The number of hydrogen-bond donors (Lipinski definition) is 1. The Bertz CT molecular complexity index is 1430. The van der Waals surface area contributed by atoms with E-state index in [0.717, 1.165) is 51.7 Å². The summed E-state index contributed by atoms with van der Waals surface area (Å²) in [4.78, 5) is 18.3. The number of allylic oxidation sites excluding steroid dienone is 1. The summed E-state index contributed by atoms with van der Waals surface area (Å²) in [6.07, 6.45) is 3.62. The van der Waals surface area contributed by atoms with Crippen molar-refractivity contribution in [3.63, 3.8) is 0 Å². The zero-order valence-electron chi connectivity index (χ0n) is 20.3. The Balaban J connectivity index is 1.47. The minimum absolute atomic E-state index is 0.0804. The number of rotatable bonds is 4. The number of hydrogen-bond acceptors (Lipinski definition) is 4. The van der Waals surface area contributed by atoms with E-state index < -0.39 is 0 Å². The monoisotopic (exact) mass is 463 g/mol. The molecule has 0 saturated carbocycles. The maximum Gasteiger partial charge on any atom is 0.339 e. The number of aromatic nitrogens is 1. The third-order valence-electron chi connectivity index (χ3n) is 6.57. The zero-order chi connectivity index (χ0) is 24.6. The highest BCUT2D eigenvalue weighted by molar-refractivity contribution is 6.07. The molecule has 0 amide bonds. The number of aromatic hydroxyl groups is 1. The van der Waals surface area contributed by atoms with Gasteiger partial charge in [0, 0.05) is 5.39 Å². The van der Waals surface area contributed by atoms with Gasteiger partial charge < -0.3 is 9.84 Å². The first-order chi connectivity index (χ1) is 16.8. The van der Waals surface area contributed by atoms with Gasteiger partial charge in [0.1, 0.15) is 12.4 Å². The standard InChI is InChI=1S/C31H29NO3/c1-31(2,3)23-13-8-21(9-14-23)19-35-30(34)28-25-6-4-5-7-27(25)32-29-22(12-17-26(28)29)18-20-10-15-24(33)16-11-20/h4-11,13-16,18,33H,12,17,19H2,1-3H3/b22-18+. The molecule has 1 N–H and O–H groups in total. The molecule has 4 heteroatoms. The Labute approximate surface area is 205 Å². The van der Waals surface area contributed by atoms with E-state index in [1.54, 1.807) is 12.1 Å². The molecule has 0 bridgehead atoms. The van der Waals surface area contributed by atoms with Gasteiger partial charge in [-0.05, 0) is 70.4 Å². The molecule has 0 aliphatic heterocycles. The summed E-state index contributed by atoms with van der Waals surface area (Å²) in [6.45, 7) is 6.77. The number of carbonyl (C=O) groups excluding carboxylic acids is 1. The SMILES string of the molecule is CC(C)(C)c1ccc(COC(=O)c2c3c(nc4ccccc24)/C(=C/c2ccc(O)cc2)CC3)cc1. The van der Waals surface area contributed by atoms with Crippen molar-refractivity contribution in [2.24, 2.45) is 0 Å². The molecule has 1 aliphatic carbocycles. The molecule has 3 aromatic carbocycles. The van der Waals surface area contributed by atoms with Gasteiger partial charge in [0.05, 0.1) is 16.8 Å². The van der Waals surface area contributed by atoms with Crippen molar-refractivity contribution >= 4 is 28.5 Å².